The number of hydrogen-bond donors (Lipinski definition) is 2. The topological polar surface area (TPSA) is 194 Å². The Labute approximate surface area is 300 Å². The van der Waals surface area contributed by atoms with E-state index >= 15 is 0 Å². The van der Waals surface area contributed by atoms with Gasteiger partial charge in [0.05, 0.1) is 37.9 Å². The summed E-state index contributed by atoms with van der Waals surface area (Å²) in [4.78, 5) is 52.8. The average Bonchev–Trinajstić information content (AvgIpc) is 3.55. The van der Waals surface area contributed by atoms with Gasteiger partial charge in [-0.05, 0) is 49.9 Å². The fourth-order valence-corrected chi connectivity index (χ4v) is 5.40. The summed E-state index contributed by atoms with van der Waals surface area (Å²) in [7, 11) is 1.42. The van der Waals surface area contributed by atoms with E-state index in [1.54, 1.807) is 24.4 Å². The number of aliphatic hydroxyl groups excluding tert-OH is 1. The van der Waals surface area contributed by atoms with Gasteiger partial charge in [-0.2, -0.15) is 0 Å². The van der Waals surface area contributed by atoms with Crippen LogP contribution in [-0.2, 0) is 33.3 Å². The number of morpholine rings is 1. The summed E-state index contributed by atoms with van der Waals surface area (Å²) in [6.07, 6.45) is 1.89. The van der Waals surface area contributed by atoms with Crippen LogP contribution in [0, 0.1) is 0 Å². The van der Waals surface area contributed by atoms with Gasteiger partial charge in [0.25, 0.3) is 0 Å². The van der Waals surface area contributed by atoms with Crippen molar-refractivity contribution in [1.82, 2.24) is 20.3 Å². The number of nitrogens with zero attached hydrogens (tertiary/aromatic N) is 4. The lowest BCUT2D eigenvalue weighted by Crippen LogP contribution is -2.37. The molecule has 16 nitrogen and oxygen atoms in total. The molecule has 1 saturated heterocycles. The molecule has 2 atom stereocenters. The summed E-state index contributed by atoms with van der Waals surface area (Å²) in [5.41, 5.74) is 2.31. The average molecular weight is 724 g/mol. The van der Waals surface area contributed by atoms with E-state index in [1.165, 1.54) is 7.11 Å². The van der Waals surface area contributed by atoms with Crippen LogP contribution >= 0.6 is 0 Å². The number of hydrogen-bond acceptors (Lipinski definition) is 15. The third-order valence-corrected chi connectivity index (χ3v) is 8.22. The van der Waals surface area contributed by atoms with Crippen LogP contribution in [-0.4, -0.2) is 110 Å². The highest BCUT2D eigenvalue weighted by Crippen LogP contribution is 2.35. The molecule has 4 heterocycles. The minimum absolute atomic E-state index is 0.0360. The predicted octanol–water partition coefficient (Wildman–Crippen LogP) is 4.16. The first-order chi connectivity index (χ1) is 25.4. The SMILES string of the molecule is CCC(COC(=O)CCCC(=O)NCCCCOC(=O)Oc1cccc(-c2nc(N3CCOCC3)c3oc4ncccc4c3n2)c1)OC(CO)OC. The number of aromatic nitrogens is 3. The zero-order valence-electron chi connectivity index (χ0n) is 29.4. The highest BCUT2D eigenvalue weighted by Gasteiger charge is 2.23. The summed E-state index contributed by atoms with van der Waals surface area (Å²) in [6.45, 7) is 4.54. The van der Waals surface area contributed by atoms with Gasteiger partial charge in [-0.25, -0.2) is 19.7 Å². The van der Waals surface area contributed by atoms with E-state index in [-0.39, 0.29) is 44.3 Å². The van der Waals surface area contributed by atoms with Crippen molar-refractivity contribution in [1.29, 1.82) is 0 Å². The molecule has 5 rings (SSSR count). The fourth-order valence-electron chi connectivity index (χ4n) is 5.40. The first-order valence-corrected chi connectivity index (χ1v) is 17.4. The number of ether oxygens (including phenoxy) is 6. The minimum atomic E-state index is -0.853. The molecule has 0 spiro atoms. The van der Waals surface area contributed by atoms with E-state index in [0.29, 0.717) is 92.6 Å². The van der Waals surface area contributed by atoms with Gasteiger partial charge in [0.2, 0.25) is 11.6 Å². The summed E-state index contributed by atoms with van der Waals surface area (Å²) < 4.78 is 38.0. The third-order valence-electron chi connectivity index (χ3n) is 8.22. The quantitative estimate of drug-likeness (QED) is 0.0606. The van der Waals surface area contributed by atoms with Crippen molar-refractivity contribution in [2.75, 3.05) is 64.7 Å². The molecule has 4 aromatic rings. The third kappa shape index (κ3) is 10.8. The molecule has 2 unspecified atom stereocenters. The summed E-state index contributed by atoms with van der Waals surface area (Å²) in [5.74, 6) is 0.734. The molecule has 1 aliphatic rings. The number of methoxy groups -OCH3 is 1. The van der Waals surface area contributed by atoms with Crippen LogP contribution in [0.1, 0.15) is 45.4 Å². The van der Waals surface area contributed by atoms with Crippen LogP contribution in [0.3, 0.4) is 0 Å². The van der Waals surface area contributed by atoms with Crippen molar-refractivity contribution in [3.05, 3.63) is 42.6 Å². The Balaban J connectivity index is 1.02. The second kappa shape index (κ2) is 19.6. The van der Waals surface area contributed by atoms with E-state index in [1.807, 2.05) is 25.1 Å². The molecule has 1 aromatic carbocycles. The first kappa shape index (κ1) is 38.3. The maximum absolute atomic E-state index is 12.5. The molecule has 16 heteroatoms. The van der Waals surface area contributed by atoms with E-state index in [9.17, 15) is 19.5 Å². The van der Waals surface area contributed by atoms with Gasteiger partial charge >= 0.3 is 12.1 Å². The van der Waals surface area contributed by atoms with Crippen LogP contribution in [0.4, 0.5) is 10.6 Å². The molecule has 0 aliphatic carbocycles. The van der Waals surface area contributed by atoms with Crippen LogP contribution in [0.25, 0.3) is 33.6 Å². The zero-order chi connectivity index (χ0) is 36.7. The van der Waals surface area contributed by atoms with Crippen molar-refractivity contribution in [3.8, 4) is 17.1 Å². The standard InChI is InChI=1S/C36H45N5O11/c1-3-25(50-30(22-42)46-2)23-49-29(44)13-7-12-28(43)37-14-4-5-18-48-36(45)51-26-10-6-9-24(21-26)33-39-31-27-11-8-15-38-35(27)52-32(31)34(40-33)41-16-19-47-20-17-41/h6,8-11,15,21,25,30,42H,3-5,7,12-14,16-20,22-23H2,1-2H3,(H,37,43). The molecule has 0 radical (unpaired) electrons. The number of pyridine rings is 1. The number of carbonyl (C=O) groups excluding carboxylic acids is 3. The molecule has 52 heavy (non-hydrogen) atoms. The van der Waals surface area contributed by atoms with Gasteiger partial charge in [-0.1, -0.05) is 19.1 Å². The molecule has 3 aromatic heterocycles. The van der Waals surface area contributed by atoms with Gasteiger partial charge in [0.15, 0.2) is 23.5 Å². The van der Waals surface area contributed by atoms with E-state index < -0.39 is 24.5 Å². The summed E-state index contributed by atoms with van der Waals surface area (Å²) in [5, 5.41) is 12.7. The molecule has 1 fully saturated rings. The lowest BCUT2D eigenvalue weighted by molar-refractivity contribution is -0.188. The number of furan rings is 1. The number of carbonyl (C=O) groups is 3. The van der Waals surface area contributed by atoms with E-state index in [4.69, 9.17) is 42.8 Å². The predicted molar refractivity (Wildman–Crippen MR) is 188 cm³/mol. The molecule has 280 valence electrons. The van der Waals surface area contributed by atoms with Gasteiger partial charge in [0, 0.05) is 51.3 Å². The summed E-state index contributed by atoms with van der Waals surface area (Å²) in [6, 6.07) is 10.6. The van der Waals surface area contributed by atoms with Gasteiger partial charge in [0.1, 0.15) is 17.9 Å². The monoisotopic (exact) mass is 723 g/mol. The van der Waals surface area contributed by atoms with Crippen molar-refractivity contribution in [2.45, 2.75) is 57.8 Å². The Hall–Kier alpha value is -4.90. The number of nitrogens with one attached hydrogen (secondary N) is 1. The highest BCUT2D eigenvalue weighted by molar-refractivity contribution is 6.05. The molecular formula is C36H45N5O11. The molecule has 2 N–H and O–H groups in total. The van der Waals surface area contributed by atoms with Crippen LogP contribution < -0.4 is 15.0 Å². The molecular weight excluding hydrogens is 678 g/mol. The second-order valence-electron chi connectivity index (χ2n) is 11.9. The van der Waals surface area contributed by atoms with Crippen LogP contribution in [0.15, 0.2) is 47.0 Å². The number of esters is 1. The normalized spacial score (nSPS) is 14.2. The number of benzene rings is 1. The molecule has 1 amide bonds. The number of rotatable bonds is 19. The lowest BCUT2D eigenvalue weighted by Gasteiger charge is -2.27. The van der Waals surface area contributed by atoms with Crippen molar-refractivity contribution in [2.24, 2.45) is 0 Å². The van der Waals surface area contributed by atoms with Gasteiger partial charge in [-0.15, -0.1) is 0 Å². The van der Waals surface area contributed by atoms with Crippen molar-refractivity contribution in [3.63, 3.8) is 0 Å². The van der Waals surface area contributed by atoms with Crippen LogP contribution in [0.5, 0.6) is 5.75 Å². The number of anilines is 1. The Morgan fingerprint density at radius 1 is 1.04 bits per heavy atom. The molecule has 1 aliphatic heterocycles. The maximum atomic E-state index is 12.5. The number of unbranched alkanes of at least 4 members (excludes halogenated alkanes) is 1. The van der Waals surface area contributed by atoms with Crippen molar-refractivity contribution >= 4 is 46.0 Å². The highest BCUT2D eigenvalue weighted by atomic mass is 16.7. The Kier molecular flexibility index (Phi) is 14.5. The van der Waals surface area contributed by atoms with E-state index in [0.717, 1.165) is 5.39 Å². The molecule has 0 saturated carbocycles. The van der Waals surface area contributed by atoms with Gasteiger partial charge in [-0.3, -0.25) is 9.59 Å². The first-order valence-electron chi connectivity index (χ1n) is 17.4. The molecule has 0 bridgehead atoms. The second-order valence-corrected chi connectivity index (χ2v) is 11.9. The lowest BCUT2D eigenvalue weighted by atomic mass is 10.2. The Morgan fingerprint density at radius 2 is 1.88 bits per heavy atom. The largest absolute Gasteiger partial charge is 0.513 e. The fraction of sp³-hybridized carbons (Fsp3) is 0.500. The van der Waals surface area contributed by atoms with Crippen LogP contribution in [0.2, 0.25) is 0 Å². The maximum Gasteiger partial charge on any atom is 0.513 e. The Morgan fingerprint density at radius 3 is 2.67 bits per heavy atom. The van der Waals surface area contributed by atoms with E-state index in [2.05, 4.69) is 15.2 Å². The number of amides is 1. The Bertz CT molecular complexity index is 1770. The number of aliphatic hydroxyl groups is 1. The zero-order valence-corrected chi connectivity index (χ0v) is 29.4. The minimum Gasteiger partial charge on any atom is -0.463 e. The van der Waals surface area contributed by atoms with Gasteiger partial charge < -0.3 is 48.2 Å². The van der Waals surface area contributed by atoms with Crippen molar-refractivity contribution < 1.29 is 52.3 Å². The summed E-state index contributed by atoms with van der Waals surface area (Å²) >= 11 is 0. The number of fused-ring (bicyclic) bond motifs is 3. The smallest absolute Gasteiger partial charge is 0.463 e.